The molecule has 5 nitrogen and oxygen atoms in total. The van der Waals surface area contributed by atoms with Gasteiger partial charge in [-0.15, -0.1) is 5.10 Å². The molecule has 1 fully saturated rings. The predicted octanol–water partition coefficient (Wildman–Crippen LogP) is 1.29. The van der Waals surface area contributed by atoms with Crippen molar-refractivity contribution in [1.29, 1.82) is 0 Å². The van der Waals surface area contributed by atoms with E-state index in [9.17, 15) is 8.78 Å². The summed E-state index contributed by atoms with van der Waals surface area (Å²) in [6.45, 7) is 1.48. The molecule has 1 aromatic heterocycles. The molecule has 0 aliphatic carbocycles. The molecule has 0 bridgehead atoms. The number of benzene rings is 1. The van der Waals surface area contributed by atoms with Crippen LogP contribution in [-0.4, -0.2) is 34.3 Å². The molecule has 1 saturated heterocycles. The van der Waals surface area contributed by atoms with Crippen LogP contribution in [-0.2, 0) is 0 Å². The molecule has 0 amide bonds. The first kappa shape index (κ1) is 12.0. The van der Waals surface area contributed by atoms with E-state index in [1.165, 1.54) is 12.1 Å². The summed E-state index contributed by atoms with van der Waals surface area (Å²) < 4.78 is 26.3. The van der Waals surface area contributed by atoms with Gasteiger partial charge < -0.3 is 10.6 Å². The van der Waals surface area contributed by atoms with E-state index in [0.29, 0.717) is 23.9 Å². The zero-order valence-electron chi connectivity index (χ0n) is 10.1. The van der Waals surface area contributed by atoms with Crippen molar-refractivity contribution in [3.63, 3.8) is 0 Å². The minimum absolute atomic E-state index is 0.119. The van der Waals surface area contributed by atoms with Crippen LogP contribution in [0.25, 0.3) is 11.4 Å². The molecular weight excluding hydrogens is 252 g/mol. The fourth-order valence-electron chi connectivity index (χ4n) is 2.18. The number of aromatic amines is 1. The largest absolute Gasteiger partial charge is 0.338 e. The number of aromatic nitrogens is 3. The lowest BCUT2D eigenvalue weighted by Crippen LogP contribution is -2.26. The van der Waals surface area contributed by atoms with Gasteiger partial charge in [-0.1, -0.05) is 0 Å². The monoisotopic (exact) mass is 265 g/mol. The quantitative estimate of drug-likeness (QED) is 0.858. The van der Waals surface area contributed by atoms with Crippen molar-refractivity contribution in [1.82, 2.24) is 15.2 Å². The number of rotatable bonds is 2. The minimum atomic E-state index is -0.642. The first-order valence-electron chi connectivity index (χ1n) is 6.01. The third-order valence-electron chi connectivity index (χ3n) is 3.12. The number of nitrogens with zero attached hydrogens (tertiary/aromatic N) is 3. The molecule has 2 aromatic rings. The maximum absolute atomic E-state index is 13.1. The molecule has 100 valence electrons. The Morgan fingerprint density at radius 1 is 1.26 bits per heavy atom. The number of hydrogen-bond donors (Lipinski definition) is 2. The first-order valence-corrected chi connectivity index (χ1v) is 6.01. The summed E-state index contributed by atoms with van der Waals surface area (Å²) in [6, 6.07) is 3.36. The number of halogens is 2. The highest BCUT2D eigenvalue weighted by Gasteiger charge is 2.22. The van der Waals surface area contributed by atoms with Crippen LogP contribution in [0.1, 0.15) is 6.42 Å². The molecule has 3 N–H and O–H groups in total. The van der Waals surface area contributed by atoms with Crippen LogP contribution in [0.5, 0.6) is 0 Å². The maximum Gasteiger partial charge on any atom is 0.245 e. The van der Waals surface area contributed by atoms with Crippen LogP contribution in [0.15, 0.2) is 18.2 Å². The Morgan fingerprint density at radius 2 is 2.00 bits per heavy atom. The van der Waals surface area contributed by atoms with Gasteiger partial charge in [-0.2, -0.15) is 4.98 Å². The third-order valence-corrected chi connectivity index (χ3v) is 3.12. The predicted molar refractivity (Wildman–Crippen MR) is 66.5 cm³/mol. The van der Waals surface area contributed by atoms with Crippen LogP contribution < -0.4 is 10.6 Å². The highest BCUT2D eigenvalue weighted by Crippen LogP contribution is 2.21. The van der Waals surface area contributed by atoms with Crippen LogP contribution in [0.4, 0.5) is 14.7 Å². The van der Waals surface area contributed by atoms with Crippen molar-refractivity contribution in [2.24, 2.45) is 5.73 Å². The topological polar surface area (TPSA) is 70.8 Å². The molecule has 1 aliphatic heterocycles. The highest BCUT2D eigenvalue weighted by molar-refractivity contribution is 5.56. The van der Waals surface area contributed by atoms with Gasteiger partial charge in [-0.25, -0.2) is 8.78 Å². The average Bonchev–Trinajstić information content (AvgIpc) is 2.95. The molecule has 1 aliphatic rings. The van der Waals surface area contributed by atoms with E-state index >= 15 is 0 Å². The van der Waals surface area contributed by atoms with Gasteiger partial charge >= 0.3 is 0 Å². The van der Waals surface area contributed by atoms with E-state index in [1.807, 2.05) is 4.90 Å². The molecule has 1 aromatic carbocycles. The number of hydrogen-bond acceptors (Lipinski definition) is 4. The summed E-state index contributed by atoms with van der Waals surface area (Å²) in [4.78, 5) is 6.19. The molecule has 1 atom stereocenters. The summed E-state index contributed by atoms with van der Waals surface area (Å²) in [7, 11) is 0. The Hall–Kier alpha value is -2.02. The number of H-pyrrole nitrogens is 1. The van der Waals surface area contributed by atoms with Crippen LogP contribution >= 0.6 is 0 Å². The Bertz CT molecular complexity index is 577. The fourth-order valence-corrected chi connectivity index (χ4v) is 2.18. The normalized spacial score (nSPS) is 19.1. The summed E-state index contributed by atoms with van der Waals surface area (Å²) in [5.74, 6) is -0.436. The van der Waals surface area contributed by atoms with Gasteiger partial charge in [0.05, 0.1) is 0 Å². The van der Waals surface area contributed by atoms with Crippen LogP contribution in [0.3, 0.4) is 0 Å². The molecule has 7 heteroatoms. The second-order valence-electron chi connectivity index (χ2n) is 4.64. The van der Waals surface area contributed by atoms with Crippen molar-refractivity contribution < 1.29 is 8.78 Å². The molecular formula is C12H13F2N5. The second kappa shape index (κ2) is 4.58. The van der Waals surface area contributed by atoms with E-state index in [4.69, 9.17) is 5.73 Å². The summed E-state index contributed by atoms with van der Waals surface area (Å²) in [5, 5.41) is 6.75. The van der Waals surface area contributed by atoms with Crippen molar-refractivity contribution in [3.8, 4) is 11.4 Å². The van der Waals surface area contributed by atoms with E-state index in [0.717, 1.165) is 19.0 Å². The summed E-state index contributed by atoms with van der Waals surface area (Å²) >= 11 is 0. The lowest BCUT2D eigenvalue weighted by Gasteiger charge is -2.11. The van der Waals surface area contributed by atoms with Crippen molar-refractivity contribution in [3.05, 3.63) is 29.8 Å². The standard InChI is InChI=1S/C12H13F2N5/c13-8-3-7(4-9(14)5-8)11-16-12(18-17-11)19-2-1-10(15)6-19/h3-5,10H,1-2,6,15H2,(H,16,17,18). The van der Waals surface area contributed by atoms with Gasteiger partial charge in [0.25, 0.3) is 0 Å². The zero-order chi connectivity index (χ0) is 13.4. The molecule has 0 saturated carbocycles. The van der Waals surface area contributed by atoms with Crippen molar-refractivity contribution in [2.75, 3.05) is 18.0 Å². The fraction of sp³-hybridized carbons (Fsp3) is 0.333. The van der Waals surface area contributed by atoms with Gasteiger partial charge in [-0.3, -0.25) is 5.10 Å². The van der Waals surface area contributed by atoms with Gasteiger partial charge in [0.15, 0.2) is 5.82 Å². The molecule has 19 heavy (non-hydrogen) atoms. The summed E-state index contributed by atoms with van der Waals surface area (Å²) in [6.07, 6.45) is 0.887. The molecule has 0 spiro atoms. The molecule has 2 heterocycles. The number of anilines is 1. The average molecular weight is 265 g/mol. The van der Waals surface area contributed by atoms with Crippen molar-refractivity contribution >= 4 is 5.95 Å². The number of nitrogens with one attached hydrogen (secondary N) is 1. The Balaban J connectivity index is 1.88. The summed E-state index contributed by atoms with van der Waals surface area (Å²) in [5.41, 5.74) is 6.15. The molecule has 0 radical (unpaired) electrons. The Kier molecular flexibility index (Phi) is 2.90. The highest BCUT2D eigenvalue weighted by atomic mass is 19.1. The second-order valence-corrected chi connectivity index (χ2v) is 4.64. The van der Waals surface area contributed by atoms with Gasteiger partial charge in [0.2, 0.25) is 5.95 Å². The Labute approximate surface area is 108 Å². The first-order chi connectivity index (χ1) is 9.11. The molecule has 3 rings (SSSR count). The van der Waals surface area contributed by atoms with E-state index in [-0.39, 0.29) is 6.04 Å². The smallest absolute Gasteiger partial charge is 0.245 e. The minimum Gasteiger partial charge on any atom is -0.338 e. The van der Waals surface area contributed by atoms with E-state index in [2.05, 4.69) is 15.2 Å². The van der Waals surface area contributed by atoms with Crippen molar-refractivity contribution in [2.45, 2.75) is 12.5 Å². The maximum atomic E-state index is 13.1. The molecule has 1 unspecified atom stereocenters. The number of nitrogens with two attached hydrogens (primary N) is 1. The van der Waals surface area contributed by atoms with E-state index < -0.39 is 11.6 Å². The zero-order valence-corrected chi connectivity index (χ0v) is 10.1. The van der Waals surface area contributed by atoms with Gasteiger partial charge in [0.1, 0.15) is 11.6 Å². The van der Waals surface area contributed by atoms with E-state index in [1.54, 1.807) is 0 Å². The Morgan fingerprint density at radius 3 is 2.63 bits per heavy atom. The van der Waals surface area contributed by atoms with Crippen LogP contribution in [0.2, 0.25) is 0 Å². The lowest BCUT2D eigenvalue weighted by molar-refractivity contribution is 0.584. The SMILES string of the molecule is NC1CCN(c2n[nH]c(-c3cc(F)cc(F)c3)n2)C1. The van der Waals surface area contributed by atoms with Gasteiger partial charge in [-0.05, 0) is 18.6 Å². The lowest BCUT2D eigenvalue weighted by atomic mass is 10.2. The van der Waals surface area contributed by atoms with Gasteiger partial charge in [0, 0.05) is 30.8 Å². The van der Waals surface area contributed by atoms with Crippen LogP contribution in [0, 0.1) is 11.6 Å². The third kappa shape index (κ3) is 2.41.